The summed E-state index contributed by atoms with van der Waals surface area (Å²) in [7, 11) is 3.36. The van der Waals surface area contributed by atoms with Crippen LogP contribution in [0.25, 0.3) is 0 Å². The van der Waals surface area contributed by atoms with Gasteiger partial charge >= 0.3 is 0 Å². The first kappa shape index (κ1) is 39.8. The van der Waals surface area contributed by atoms with Gasteiger partial charge in [-0.05, 0) is 87.8 Å². The maximum absolute atomic E-state index is 11.8. The van der Waals surface area contributed by atoms with Gasteiger partial charge in [0.2, 0.25) is 11.9 Å². The van der Waals surface area contributed by atoms with Gasteiger partial charge in [0.1, 0.15) is 22.8 Å². The van der Waals surface area contributed by atoms with Crippen LogP contribution >= 0.6 is 0 Å². The molecule has 6 rings (SSSR count). The topological polar surface area (TPSA) is 256 Å². The quantitative estimate of drug-likeness (QED) is 0.103. The first-order valence-electron chi connectivity index (χ1n) is 18.1. The van der Waals surface area contributed by atoms with E-state index in [4.69, 9.17) is 32.4 Å². The van der Waals surface area contributed by atoms with E-state index in [-0.39, 0.29) is 47.5 Å². The molecular formula is C38H52N12O4. The Bertz CT molecular complexity index is 1900. The van der Waals surface area contributed by atoms with Gasteiger partial charge in [0.05, 0.1) is 24.3 Å². The molecule has 2 saturated carbocycles. The van der Waals surface area contributed by atoms with E-state index in [0.29, 0.717) is 23.5 Å². The first-order valence-corrected chi connectivity index (χ1v) is 18.1. The van der Waals surface area contributed by atoms with Gasteiger partial charge in [0.15, 0.2) is 0 Å². The van der Waals surface area contributed by atoms with Crippen molar-refractivity contribution in [2.75, 3.05) is 35.5 Å². The lowest BCUT2D eigenvalue weighted by molar-refractivity contribution is 0.0498. The smallest absolute Gasteiger partial charge is 0.254 e. The summed E-state index contributed by atoms with van der Waals surface area (Å²) in [4.78, 5) is 41.0. The first-order chi connectivity index (χ1) is 25.9. The van der Waals surface area contributed by atoms with Crippen molar-refractivity contribution in [3.05, 3.63) is 83.2 Å². The number of carbonyl (C=O) groups excluding carboxylic acids is 2. The molecule has 0 radical (unpaired) electrons. The molecule has 0 saturated heterocycles. The zero-order valence-corrected chi connectivity index (χ0v) is 31.2. The third-order valence-electron chi connectivity index (χ3n) is 9.67. The summed E-state index contributed by atoms with van der Waals surface area (Å²) in [6.45, 7) is 3.98. The average Bonchev–Trinajstić information content (AvgIpc) is 3.13. The summed E-state index contributed by atoms with van der Waals surface area (Å²) < 4.78 is 11.0. The van der Waals surface area contributed by atoms with Crippen LogP contribution in [-0.2, 0) is 9.47 Å². The highest BCUT2D eigenvalue weighted by atomic mass is 16.5. The Morgan fingerprint density at radius 2 is 1.20 bits per heavy atom. The van der Waals surface area contributed by atoms with Gasteiger partial charge in [-0.1, -0.05) is 24.3 Å². The van der Waals surface area contributed by atoms with E-state index >= 15 is 0 Å². The minimum atomic E-state index is -0.596. The van der Waals surface area contributed by atoms with E-state index in [0.717, 1.165) is 61.0 Å². The number of ether oxygens (including phenoxy) is 2. The number of aromatic nitrogens is 4. The van der Waals surface area contributed by atoms with Crippen LogP contribution in [0.2, 0.25) is 0 Å². The van der Waals surface area contributed by atoms with Gasteiger partial charge in [-0.25, -0.2) is 9.97 Å². The number of nitrogens with one attached hydrogen (secondary N) is 4. The maximum atomic E-state index is 11.8. The van der Waals surface area contributed by atoms with Crippen LogP contribution in [0.15, 0.2) is 60.9 Å². The molecule has 4 aromatic rings. The number of nitrogens with zero attached hydrogens (tertiary/aromatic N) is 4. The van der Waals surface area contributed by atoms with Crippen molar-refractivity contribution in [2.45, 2.75) is 88.7 Å². The van der Waals surface area contributed by atoms with Crippen molar-refractivity contribution in [1.29, 1.82) is 0 Å². The van der Waals surface area contributed by atoms with Crippen molar-refractivity contribution in [3.8, 4) is 0 Å². The Kier molecular flexibility index (Phi) is 13.7. The summed E-state index contributed by atoms with van der Waals surface area (Å²) in [5, 5.41) is 12.9. The molecule has 2 fully saturated rings. The predicted octanol–water partition coefficient (Wildman–Crippen LogP) is 3.87. The third kappa shape index (κ3) is 10.4. The van der Waals surface area contributed by atoms with Crippen LogP contribution < -0.4 is 44.2 Å². The molecule has 2 aromatic carbocycles. The Labute approximate surface area is 315 Å². The number of carbonyl (C=O) groups is 2. The van der Waals surface area contributed by atoms with Gasteiger partial charge in [-0.15, -0.1) is 0 Å². The molecule has 54 heavy (non-hydrogen) atoms. The number of benzene rings is 2. The SMILES string of the molecule is CO[C@@H]1CCC[C@H](N)[C@@H]1Nc1ncc(C(N)=O)c(Nc2cccc(C)c2)n1.CO[C@H]1CCC[C@@H](Nc2ncc(C(N)=O)c(Nc3cccc(C)c3)n2)[C@H]1N. The monoisotopic (exact) mass is 740 g/mol. The molecule has 288 valence electrons. The number of nitrogens with two attached hydrogens (primary N) is 4. The summed E-state index contributed by atoms with van der Waals surface area (Å²) >= 11 is 0. The van der Waals surface area contributed by atoms with E-state index in [9.17, 15) is 9.59 Å². The van der Waals surface area contributed by atoms with Crippen molar-refractivity contribution in [2.24, 2.45) is 22.9 Å². The average molecular weight is 741 g/mol. The molecule has 2 aromatic heterocycles. The van der Waals surface area contributed by atoms with Gasteiger partial charge in [0, 0.05) is 50.1 Å². The summed E-state index contributed by atoms with van der Waals surface area (Å²) in [6, 6.07) is 15.2. The Morgan fingerprint density at radius 1 is 0.704 bits per heavy atom. The Morgan fingerprint density at radius 3 is 1.70 bits per heavy atom. The fourth-order valence-electron chi connectivity index (χ4n) is 6.77. The van der Waals surface area contributed by atoms with Crippen LogP contribution in [-0.4, -0.2) is 82.3 Å². The van der Waals surface area contributed by atoms with E-state index in [2.05, 4.69) is 41.2 Å². The number of rotatable bonds is 12. The summed E-state index contributed by atoms with van der Waals surface area (Å²) in [6.07, 6.45) is 8.56. The molecule has 0 bridgehead atoms. The van der Waals surface area contributed by atoms with E-state index < -0.39 is 11.8 Å². The number of primary amides is 2. The Hall–Kier alpha value is -5.42. The normalized spacial score (nSPS) is 22.3. The minimum Gasteiger partial charge on any atom is -0.380 e. The highest BCUT2D eigenvalue weighted by Crippen LogP contribution is 2.27. The van der Waals surface area contributed by atoms with E-state index in [1.165, 1.54) is 12.4 Å². The van der Waals surface area contributed by atoms with E-state index in [1.54, 1.807) is 14.2 Å². The number of hydrogen-bond acceptors (Lipinski definition) is 14. The van der Waals surface area contributed by atoms with Crippen molar-refractivity contribution in [3.63, 3.8) is 0 Å². The minimum absolute atomic E-state index is 0.00468. The van der Waals surface area contributed by atoms with Gasteiger partial charge in [-0.2, -0.15) is 9.97 Å². The predicted molar refractivity (Wildman–Crippen MR) is 210 cm³/mol. The molecule has 2 heterocycles. The van der Waals surface area contributed by atoms with Crippen LogP contribution in [0, 0.1) is 13.8 Å². The molecular weight excluding hydrogens is 688 g/mol. The van der Waals surface area contributed by atoms with Crippen molar-refractivity contribution in [1.82, 2.24) is 19.9 Å². The number of anilines is 6. The molecule has 0 unspecified atom stereocenters. The number of aryl methyl sites for hydroxylation is 2. The van der Waals surface area contributed by atoms with Crippen LogP contribution in [0.1, 0.15) is 70.4 Å². The van der Waals surface area contributed by atoms with Gasteiger partial charge in [-0.3, -0.25) is 9.59 Å². The summed E-state index contributed by atoms with van der Waals surface area (Å²) in [5.41, 5.74) is 27.8. The van der Waals surface area contributed by atoms with Crippen LogP contribution in [0.3, 0.4) is 0 Å². The molecule has 2 amide bonds. The molecule has 16 heteroatoms. The fourth-order valence-corrected chi connectivity index (χ4v) is 6.77. The number of methoxy groups -OCH3 is 2. The molecule has 2 aliphatic rings. The Balaban J connectivity index is 0.000000208. The van der Waals surface area contributed by atoms with E-state index in [1.807, 2.05) is 62.4 Å². The second-order valence-corrected chi connectivity index (χ2v) is 13.7. The standard InChI is InChI=1S/2C19H26N6O2/c1-11-5-3-6-12(9-11)23-18-13(17(21)26)10-22-19(25-18)24-14-7-4-8-15(27-2)16(14)20;1-11-5-3-6-12(9-11)23-18-13(17(21)26)10-22-19(25-18)24-16-14(20)7-4-8-15(16)27-2/h2*3,5-6,9-10,14-16H,4,7-8,20H2,1-2H3,(H2,21,26)(H2,22,23,24,25)/t2*14-,15+,16-/m10/s1. The van der Waals surface area contributed by atoms with Crippen molar-refractivity contribution < 1.29 is 19.1 Å². The van der Waals surface area contributed by atoms with Crippen LogP contribution in [0.5, 0.6) is 0 Å². The largest absolute Gasteiger partial charge is 0.380 e. The lowest BCUT2D eigenvalue weighted by Gasteiger charge is -2.35. The lowest BCUT2D eigenvalue weighted by atomic mass is 9.88. The fraction of sp³-hybridized carbons (Fsp3) is 0.421. The van der Waals surface area contributed by atoms with Crippen molar-refractivity contribution >= 4 is 46.7 Å². The second-order valence-electron chi connectivity index (χ2n) is 13.7. The second kappa shape index (κ2) is 18.6. The third-order valence-corrected chi connectivity index (χ3v) is 9.67. The van der Waals surface area contributed by atoms with Crippen LogP contribution in [0.4, 0.5) is 34.9 Å². The molecule has 12 N–H and O–H groups in total. The molecule has 6 atom stereocenters. The molecule has 0 aliphatic heterocycles. The summed E-state index contributed by atoms with van der Waals surface area (Å²) in [5.74, 6) is 0.292. The molecule has 16 nitrogen and oxygen atoms in total. The van der Waals surface area contributed by atoms with Gasteiger partial charge in [0.25, 0.3) is 11.8 Å². The van der Waals surface area contributed by atoms with Gasteiger partial charge < -0.3 is 53.7 Å². The lowest BCUT2D eigenvalue weighted by Crippen LogP contribution is -2.52. The maximum Gasteiger partial charge on any atom is 0.254 e. The number of amides is 2. The highest BCUT2D eigenvalue weighted by Gasteiger charge is 2.33. The zero-order valence-electron chi connectivity index (χ0n) is 31.2. The number of hydrogen-bond donors (Lipinski definition) is 8. The molecule has 2 aliphatic carbocycles. The molecule has 0 spiro atoms. The zero-order chi connectivity index (χ0) is 38.8. The highest BCUT2D eigenvalue weighted by molar-refractivity contribution is 5.98.